The van der Waals surface area contributed by atoms with E-state index < -0.39 is 9.84 Å². The highest BCUT2D eigenvalue weighted by molar-refractivity contribution is 7.91. The molecule has 2 aliphatic carbocycles. The molecule has 3 fully saturated rings. The Kier molecular flexibility index (Phi) is 4.60. The van der Waals surface area contributed by atoms with Crippen LogP contribution in [0.5, 0.6) is 0 Å². The van der Waals surface area contributed by atoms with Crippen LogP contribution in [0.1, 0.15) is 44.9 Å². The molecule has 1 heterocycles. The SMILES string of the molecule is O=S1(=O)CCCN(C2CCCC(CO)(NC3CC3)C2)CC1. The van der Waals surface area contributed by atoms with Crippen molar-refractivity contribution >= 4 is 9.84 Å². The van der Waals surface area contributed by atoms with Gasteiger partial charge < -0.3 is 10.4 Å². The van der Waals surface area contributed by atoms with E-state index in [1.165, 1.54) is 12.8 Å². The van der Waals surface area contributed by atoms with Crippen LogP contribution in [-0.4, -0.2) is 67.2 Å². The molecule has 1 aliphatic heterocycles. The third-order valence-corrected chi connectivity index (χ3v) is 7.03. The first-order valence-electron chi connectivity index (χ1n) is 8.35. The van der Waals surface area contributed by atoms with Gasteiger partial charge in [0.25, 0.3) is 0 Å². The number of sulfone groups is 1. The Hall–Kier alpha value is -0.170. The molecule has 1 saturated heterocycles. The first-order valence-corrected chi connectivity index (χ1v) is 10.2. The van der Waals surface area contributed by atoms with Crippen molar-refractivity contribution in [3.8, 4) is 0 Å². The lowest BCUT2D eigenvalue weighted by molar-refractivity contribution is 0.0610. The molecule has 0 aromatic carbocycles. The molecule has 0 bridgehead atoms. The van der Waals surface area contributed by atoms with Crippen molar-refractivity contribution in [3.05, 3.63) is 0 Å². The normalized spacial score (nSPS) is 38.0. The number of hydrogen-bond donors (Lipinski definition) is 2. The van der Waals surface area contributed by atoms with Crippen LogP contribution in [0, 0.1) is 0 Å². The highest BCUT2D eigenvalue weighted by Gasteiger charge is 2.41. The number of hydrogen-bond acceptors (Lipinski definition) is 5. The number of aliphatic hydroxyl groups is 1. The first-order chi connectivity index (χ1) is 10.0. The van der Waals surface area contributed by atoms with E-state index in [1.54, 1.807) is 0 Å². The fourth-order valence-electron chi connectivity index (χ4n) is 3.95. The van der Waals surface area contributed by atoms with Crippen LogP contribution in [0.15, 0.2) is 0 Å². The third-order valence-electron chi connectivity index (χ3n) is 5.32. The maximum Gasteiger partial charge on any atom is 0.151 e. The lowest BCUT2D eigenvalue weighted by atomic mass is 9.78. The molecule has 3 rings (SSSR count). The van der Waals surface area contributed by atoms with Crippen LogP contribution >= 0.6 is 0 Å². The van der Waals surface area contributed by atoms with Gasteiger partial charge in [0.05, 0.1) is 18.1 Å². The molecule has 3 aliphatic rings. The molecule has 21 heavy (non-hydrogen) atoms. The summed E-state index contributed by atoms with van der Waals surface area (Å²) < 4.78 is 23.5. The lowest BCUT2D eigenvalue weighted by Gasteiger charge is -2.44. The molecule has 0 aromatic heterocycles. The standard InChI is InChI=1S/C15H28N2O3S/c18-12-15(16-13-4-5-13)6-1-3-14(11-15)17-7-2-9-21(19,20)10-8-17/h13-14,16,18H,1-12H2. The monoisotopic (exact) mass is 316 g/mol. The van der Waals surface area contributed by atoms with E-state index in [1.807, 2.05) is 0 Å². The third kappa shape index (κ3) is 3.97. The Morgan fingerprint density at radius 3 is 2.67 bits per heavy atom. The van der Waals surface area contributed by atoms with Crippen molar-refractivity contribution in [3.63, 3.8) is 0 Å². The van der Waals surface area contributed by atoms with Crippen LogP contribution in [0.2, 0.25) is 0 Å². The van der Waals surface area contributed by atoms with Gasteiger partial charge in [-0.2, -0.15) is 0 Å². The molecule has 0 aromatic rings. The van der Waals surface area contributed by atoms with E-state index in [-0.39, 0.29) is 12.1 Å². The molecule has 2 atom stereocenters. The highest BCUT2D eigenvalue weighted by atomic mass is 32.2. The highest BCUT2D eigenvalue weighted by Crippen LogP contribution is 2.34. The van der Waals surface area contributed by atoms with E-state index in [0.717, 1.165) is 38.6 Å². The second-order valence-corrected chi connectivity index (χ2v) is 9.45. The van der Waals surface area contributed by atoms with Crippen LogP contribution in [-0.2, 0) is 9.84 Å². The number of nitrogens with one attached hydrogen (secondary N) is 1. The largest absolute Gasteiger partial charge is 0.394 e. The fraction of sp³-hybridized carbons (Fsp3) is 1.00. The van der Waals surface area contributed by atoms with Gasteiger partial charge in [0.2, 0.25) is 0 Å². The molecule has 0 radical (unpaired) electrons. The van der Waals surface area contributed by atoms with Gasteiger partial charge in [-0.1, -0.05) is 0 Å². The molecule has 122 valence electrons. The summed E-state index contributed by atoms with van der Waals surface area (Å²) in [5, 5.41) is 13.6. The Labute approximate surface area is 128 Å². The Morgan fingerprint density at radius 1 is 1.14 bits per heavy atom. The van der Waals surface area contributed by atoms with Gasteiger partial charge in [-0.15, -0.1) is 0 Å². The average molecular weight is 316 g/mol. The van der Waals surface area contributed by atoms with Gasteiger partial charge in [0, 0.05) is 24.2 Å². The zero-order chi connectivity index (χ0) is 14.9. The minimum absolute atomic E-state index is 0.130. The predicted octanol–water partition coefficient (Wildman–Crippen LogP) is 0.533. The zero-order valence-electron chi connectivity index (χ0n) is 12.8. The predicted molar refractivity (Wildman–Crippen MR) is 83.1 cm³/mol. The maximum absolute atomic E-state index is 11.8. The van der Waals surface area contributed by atoms with Crippen molar-refractivity contribution < 1.29 is 13.5 Å². The Morgan fingerprint density at radius 2 is 1.95 bits per heavy atom. The van der Waals surface area contributed by atoms with Gasteiger partial charge >= 0.3 is 0 Å². The molecule has 2 unspecified atom stereocenters. The average Bonchev–Trinajstić information content (AvgIpc) is 3.27. The number of nitrogens with zero attached hydrogens (tertiary/aromatic N) is 1. The van der Waals surface area contributed by atoms with E-state index in [0.29, 0.717) is 30.1 Å². The first kappa shape index (κ1) is 15.7. The summed E-state index contributed by atoms with van der Waals surface area (Å²) in [6, 6.07) is 1.02. The summed E-state index contributed by atoms with van der Waals surface area (Å²) in [5.74, 6) is 0.632. The van der Waals surface area contributed by atoms with Crippen LogP contribution in [0.3, 0.4) is 0 Å². The van der Waals surface area contributed by atoms with Crippen molar-refractivity contribution in [2.24, 2.45) is 0 Å². The quantitative estimate of drug-likeness (QED) is 0.792. The molecule has 2 N–H and O–H groups in total. The summed E-state index contributed by atoms with van der Waals surface area (Å²) in [6.07, 6.45) is 7.47. The molecular weight excluding hydrogens is 288 g/mol. The summed E-state index contributed by atoms with van der Waals surface area (Å²) in [7, 11) is -2.84. The maximum atomic E-state index is 11.8. The summed E-state index contributed by atoms with van der Waals surface area (Å²) in [6.45, 7) is 1.75. The van der Waals surface area contributed by atoms with E-state index >= 15 is 0 Å². The topological polar surface area (TPSA) is 69.6 Å². The second kappa shape index (κ2) is 6.14. The molecule has 6 heteroatoms. The minimum atomic E-state index is -2.84. The molecule has 0 spiro atoms. The Balaban J connectivity index is 1.64. The summed E-state index contributed by atoms with van der Waals surface area (Å²) in [4.78, 5) is 2.36. The van der Waals surface area contributed by atoms with Crippen molar-refractivity contribution in [2.75, 3.05) is 31.2 Å². The fourth-order valence-corrected chi connectivity index (χ4v) is 5.23. The molecule has 5 nitrogen and oxygen atoms in total. The van der Waals surface area contributed by atoms with Crippen LogP contribution in [0.25, 0.3) is 0 Å². The van der Waals surface area contributed by atoms with Gasteiger partial charge in [-0.3, -0.25) is 4.90 Å². The van der Waals surface area contributed by atoms with Crippen LogP contribution in [0.4, 0.5) is 0 Å². The van der Waals surface area contributed by atoms with Crippen molar-refractivity contribution in [1.82, 2.24) is 10.2 Å². The number of rotatable bonds is 4. The van der Waals surface area contributed by atoms with E-state index in [4.69, 9.17) is 0 Å². The number of aliphatic hydroxyl groups excluding tert-OH is 1. The molecular formula is C15H28N2O3S. The summed E-state index contributed by atoms with van der Waals surface area (Å²) in [5.41, 5.74) is -0.130. The van der Waals surface area contributed by atoms with Gasteiger partial charge in [-0.25, -0.2) is 8.42 Å². The lowest BCUT2D eigenvalue weighted by Crippen LogP contribution is -2.56. The molecule has 0 amide bonds. The van der Waals surface area contributed by atoms with Crippen molar-refractivity contribution in [2.45, 2.75) is 62.6 Å². The van der Waals surface area contributed by atoms with Crippen molar-refractivity contribution in [1.29, 1.82) is 0 Å². The van der Waals surface area contributed by atoms with Crippen LogP contribution < -0.4 is 5.32 Å². The smallest absolute Gasteiger partial charge is 0.151 e. The zero-order valence-corrected chi connectivity index (χ0v) is 13.6. The van der Waals surface area contributed by atoms with Gasteiger partial charge in [-0.05, 0) is 51.5 Å². The second-order valence-electron chi connectivity index (χ2n) is 7.15. The minimum Gasteiger partial charge on any atom is -0.394 e. The van der Waals surface area contributed by atoms with E-state index in [2.05, 4.69) is 10.2 Å². The summed E-state index contributed by atoms with van der Waals surface area (Å²) >= 11 is 0. The van der Waals surface area contributed by atoms with E-state index in [9.17, 15) is 13.5 Å². The van der Waals surface area contributed by atoms with Gasteiger partial charge in [0.15, 0.2) is 9.84 Å². The van der Waals surface area contributed by atoms with Gasteiger partial charge in [0.1, 0.15) is 0 Å². The Bertz CT molecular complexity index is 464. The molecule has 2 saturated carbocycles.